The van der Waals surface area contributed by atoms with E-state index in [1.807, 2.05) is 37.3 Å². The predicted molar refractivity (Wildman–Crippen MR) is 138 cm³/mol. The van der Waals surface area contributed by atoms with Crippen LogP contribution in [0.1, 0.15) is 54.8 Å². The molecule has 4 aromatic rings. The molecular weight excluding hydrogens is 440 g/mol. The number of nitrogens with zero attached hydrogens (tertiary/aromatic N) is 7. The van der Waals surface area contributed by atoms with Gasteiger partial charge in [0.15, 0.2) is 0 Å². The van der Waals surface area contributed by atoms with Crippen LogP contribution in [-0.4, -0.2) is 58.3 Å². The number of aromatic amines is 1. The molecule has 0 aliphatic carbocycles. The quantitative estimate of drug-likeness (QED) is 0.445. The van der Waals surface area contributed by atoms with Crippen LogP contribution < -0.4 is 4.74 Å². The summed E-state index contributed by atoms with van der Waals surface area (Å²) in [7, 11) is 3.94. The first-order chi connectivity index (χ1) is 16.6. The lowest BCUT2D eigenvalue weighted by atomic mass is 10.1. The van der Waals surface area contributed by atoms with Gasteiger partial charge in [-0.25, -0.2) is 4.68 Å². The minimum absolute atomic E-state index is 0.0568. The molecule has 2 bridgehead atoms. The van der Waals surface area contributed by atoms with Crippen molar-refractivity contribution in [3.63, 3.8) is 0 Å². The molecule has 0 spiro atoms. The third-order valence-electron chi connectivity index (χ3n) is 6.87. The van der Waals surface area contributed by atoms with Gasteiger partial charge in [0.1, 0.15) is 11.6 Å². The zero-order chi connectivity index (χ0) is 25.0. The van der Waals surface area contributed by atoms with Gasteiger partial charge in [-0.15, -0.1) is 0 Å². The molecule has 1 unspecified atom stereocenters. The molecule has 0 amide bonds. The van der Waals surface area contributed by atoms with E-state index in [1.54, 1.807) is 0 Å². The number of ether oxygens (including phenoxy) is 1. The Hall–Kier alpha value is -3.46. The van der Waals surface area contributed by atoms with Crippen molar-refractivity contribution in [2.24, 2.45) is 14.1 Å². The second-order valence-electron chi connectivity index (χ2n) is 9.87. The summed E-state index contributed by atoms with van der Waals surface area (Å²) in [6.45, 7) is 14.2. The van der Waals surface area contributed by atoms with E-state index in [1.165, 1.54) is 5.69 Å². The molecule has 1 aliphatic rings. The smallest absolute Gasteiger partial charge is 0.221 e. The van der Waals surface area contributed by atoms with Crippen LogP contribution >= 0.6 is 0 Å². The average molecular weight is 475 g/mol. The van der Waals surface area contributed by atoms with Gasteiger partial charge >= 0.3 is 0 Å². The topological polar surface area (TPSA) is 89.7 Å². The minimum Gasteiger partial charge on any atom is -0.473 e. The number of H-pyrrole nitrogens is 1. The Bertz CT molecular complexity index is 1440. The van der Waals surface area contributed by atoms with Crippen LogP contribution in [0.25, 0.3) is 34.3 Å². The maximum absolute atomic E-state index is 6.57. The van der Waals surface area contributed by atoms with Crippen LogP contribution in [0.15, 0.2) is 6.07 Å². The van der Waals surface area contributed by atoms with Gasteiger partial charge in [0.2, 0.25) is 5.88 Å². The Balaban J connectivity index is 1.75. The minimum atomic E-state index is -0.0568. The first kappa shape index (κ1) is 23.3. The van der Waals surface area contributed by atoms with Gasteiger partial charge in [-0.05, 0) is 59.8 Å². The molecule has 9 heteroatoms. The summed E-state index contributed by atoms with van der Waals surface area (Å²) in [5.41, 5.74) is 8.64. The highest BCUT2D eigenvalue weighted by atomic mass is 16.5. The molecule has 0 saturated carbocycles. The number of aryl methyl sites for hydroxylation is 5. The molecule has 9 nitrogen and oxygen atoms in total. The standard InChI is InChI=1S/C26H34N8O/c1-14(2)34-12-15(3)35-26-24(17(5)31-33(26)8)22-11-20-21(28-29-25(20)18(6)27-22)10-9-19-16(4)30-32(7)23(19)13-34/h9-11,14-15H,12-13H2,1-8H3,(H,28,29)/b10-9+. The Morgan fingerprint density at radius 3 is 2.51 bits per heavy atom. The summed E-state index contributed by atoms with van der Waals surface area (Å²) >= 11 is 0. The van der Waals surface area contributed by atoms with E-state index in [0.29, 0.717) is 6.04 Å². The lowest BCUT2D eigenvalue weighted by Crippen LogP contribution is -2.39. The summed E-state index contributed by atoms with van der Waals surface area (Å²) in [5, 5.41) is 18.2. The van der Waals surface area contributed by atoms with Crippen molar-refractivity contribution in [2.75, 3.05) is 6.54 Å². The summed E-state index contributed by atoms with van der Waals surface area (Å²) < 4.78 is 10.4. The maximum atomic E-state index is 6.57. The zero-order valence-corrected chi connectivity index (χ0v) is 21.8. The number of nitrogens with one attached hydrogen (secondary N) is 1. The molecule has 0 saturated heterocycles. The fourth-order valence-electron chi connectivity index (χ4n) is 5.01. The normalized spacial score (nSPS) is 17.8. The lowest BCUT2D eigenvalue weighted by Gasteiger charge is -2.30. The number of aromatic nitrogens is 7. The van der Waals surface area contributed by atoms with Crippen molar-refractivity contribution >= 4 is 23.1 Å². The van der Waals surface area contributed by atoms with Crippen LogP contribution in [0.4, 0.5) is 0 Å². The van der Waals surface area contributed by atoms with Gasteiger partial charge in [-0.2, -0.15) is 15.3 Å². The van der Waals surface area contributed by atoms with Gasteiger partial charge in [0, 0.05) is 44.2 Å². The number of hydrogen-bond acceptors (Lipinski definition) is 6. The van der Waals surface area contributed by atoms with Crippen LogP contribution in [0, 0.1) is 20.8 Å². The van der Waals surface area contributed by atoms with Crippen LogP contribution in [0.2, 0.25) is 0 Å². The molecule has 1 atom stereocenters. The number of rotatable bonds is 1. The first-order valence-corrected chi connectivity index (χ1v) is 12.1. The van der Waals surface area contributed by atoms with Crippen molar-refractivity contribution in [3.8, 4) is 17.1 Å². The third-order valence-corrected chi connectivity index (χ3v) is 6.87. The van der Waals surface area contributed by atoms with E-state index >= 15 is 0 Å². The van der Waals surface area contributed by atoms with E-state index in [-0.39, 0.29) is 6.10 Å². The molecule has 0 radical (unpaired) electrons. The van der Waals surface area contributed by atoms with Crippen molar-refractivity contribution in [1.29, 1.82) is 0 Å². The molecule has 5 heterocycles. The Kier molecular flexibility index (Phi) is 5.75. The molecular formula is C26H34N8O. The molecule has 0 fully saturated rings. The van der Waals surface area contributed by atoms with Gasteiger partial charge in [0.25, 0.3) is 0 Å². The molecule has 1 aliphatic heterocycles. The second kappa shape index (κ2) is 8.64. The van der Waals surface area contributed by atoms with Crippen LogP contribution in [0.5, 0.6) is 5.88 Å². The van der Waals surface area contributed by atoms with Gasteiger partial charge in [0.05, 0.1) is 39.7 Å². The highest BCUT2D eigenvalue weighted by molar-refractivity contribution is 5.93. The number of pyridine rings is 1. The lowest BCUT2D eigenvalue weighted by molar-refractivity contribution is 0.110. The Labute approximate surface area is 205 Å². The maximum Gasteiger partial charge on any atom is 0.221 e. The Morgan fingerprint density at radius 2 is 1.77 bits per heavy atom. The monoisotopic (exact) mass is 474 g/mol. The molecule has 1 N–H and O–H groups in total. The summed E-state index contributed by atoms with van der Waals surface area (Å²) in [6.07, 6.45) is 4.19. The molecule has 5 rings (SSSR count). The van der Waals surface area contributed by atoms with Gasteiger partial charge in [-0.3, -0.25) is 19.7 Å². The van der Waals surface area contributed by atoms with Gasteiger partial charge in [-0.1, -0.05) is 0 Å². The summed E-state index contributed by atoms with van der Waals surface area (Å²) in [5.74, 6) is 0.734. The molecule has 4 aromatic heterocycles. The third kappa shape index (κ3) is 4.03. The predicted octanol–water partition coefficient (Wildman–Crippen LogP) is 4.18. The fourth-order valence-corrected chi connectivity index (χ4v) is 5.01. The zero-order valence-electron chi connectivity index (χ0n) is 21.8. The molecule has 35 heavy (non-hydrogen) atoms. The summed E-state index contributed by atoms with van der Waals surface area (Å²) in [4.78, 5) is 7.33. The largest absolute Gasteiger partial charge is 0.473 e. The molecule has 184 valence electrons. The van der Waals surface area contributed by atoms with E-state index in [4.69, 9.17) is 14.8 Å². The van der Waals surface area contributed by atoms with E-state index < -0.39 is 0 Å². The van der Waals surface area contributed by atoms with Crippen molar-refractivity contribution in [3.05, 3.63) is 40.1 Å². The first-order valence-electron chi connectivity index (χ1n) is 12.1. The highest BCUT2D eigenvalue weighted by Gasteiger charge is 2.25. The van der Waals surface area contributed by atoms with Crippen LogP contribution in [0.3, 0.4) is 0 Å². The molecule has 0 aromatic carbocycles. The van der Waals surface area contributed by atoms with Gasteiger partial charge < -0.3 is 4.74 Å². The van der Waals surface area contributed by atoms with Crippen molar-refractivity contribution < 1.29 is 4.74 Å². The van der Waals surface area contributed by atoms with E-state index in [2.05, 4.69) is 66.1 Å². The fraction of sp³-hybridized carbons (Fsp3) is 0.462. The average Bonchev–Trinajstić information content (AvgIpc) is 3.39. The van der Waals surface area contributed by atoms with Crippen molar-refractivity contribution in [1.82, 2.24) is 39.6 Å². The van der Waals surface area contributed by atoms with E-state index in [9.17, 15) is 0 Å². The second-order valence-corrected chi connectivity index (χ2v) is 9.87. The highest BCUT2D eigenvalue weighted by Crippen LogP contribution is 2.35. The number of hydrogen-bond donors (Lipinski definition) is 1. The van der Waals surface area contributed by atoms with Crippen molar-refractivity contribution in [2.45, 2.75) is 60.2 Å². The number of fused-ring (bicyclic) bond motifs is 4. The van der Waals surface area contributed by atoms with E-state index in [0.717, 1.165) is 69.5 Å². The Morgan fingerprint density at radius 1 is 1.03 bits per heavy atom. The summed E-state index contributed by atoms with van der Waals surface area (Å²) in [6, 6.07) is 2.42. The van der Waals surface area contributed by atoms with Crippen LogP contribution in [-0.2, 0) is 20.6 Å². The SMILES string of the molecule is Cc1nn(C)c2c1/C=C/c1[nH]nc3c(C)nc(cc13)-c1c(C)nn(C)c1OC(C)CN(C(C)C)C2.